The normalized spacial score (nSPS) is 11.2. The Morgan fingerprint density at radius 2 is 2.05 bits per heavy atom. The highest BCUT2D eigenvalue weighted by atomic mass is 16.2. The molecule has 4 N–H and O–H groups in total. The van der Waals surface area contributed by atoms with E-state index in [2.05, 4.69) is 20.9 Å². The van der Waals surface area contributed by atoms with E-state index >= 15 is 0 Å². The van der Waals surface area contributed by atoms with E-state index in [0.717, 1.165) is 25.0 Å². The summed E-state index contributed by atoms with van der Waals surface area (Å²) in [6, 6.07) is -0.518. The van der Waals surface area contributed by atoms with Crippen LogP contribution in [0.25, 0.3) is 0 Å². The molecule has 0 saturated heterocycles. The maximum absolute atomic E-state index is 11.7. The van der Waals surface area contributed by atoms with Gasteiger partial charge in [0.05, 0.1) is 5.69 Å². The van der Waals surface area contributed by atoms with E-state index in [0.29, 0.717) is 6.54 Å². The Balaban J connectivity index is 2.39. The molecule has 1 rings (SSSR count). The second kappa shape index (κ2) is 7.72. The number of nitrogens with two attached hydrogens (primary N) is 1. The van der Waals surface area contributed by atoms with Crippen LogP contribution in [-0.4, -0.2) is 39.0 Å². The van der Waals surface area contributed by atoms with Crippen molar-refractivity contribution in [3.63, 3.8) is 0 Å². The molecule has 0 atom stereocenters. The third-order valence-corrected chi connectivity index (χ3v) is 2.52. The van der Waals surface area contributed by atoms with Crippen LogP contribution in [0, 0.1) is 0 Å². The number of aryl methyl sites for hydroxylation is 1. The number of rotatable bonds is 6. The summed E-state index contributed by atoms with van der Waals surface area (Å²) in [5.41, 5.74) is 5.84. The lowest BCUT2D eigenvalue weighted by Gasteiger charge is -2.20. The van der Waals surface area contributed by atoms with Gasteiger partial charge in [-0.15, -0.1) is 5.10 Å². The second-order valence-electron chi connectivity index (χ2n) is 5.91. The number of carbonyl (C=O) groups is 2. The van der Waals surface area contributed by atoms with Crippen molar-refractivity contribution in [1.82, 2.24) is 25.6 Å². The molecule has 8 nitrogen and oxygen atoms in total. The number of carbonyl (C=O) groups excluding carboxylic acids is 2. The predicted octanol–water partition coefficient (Wildman–Crippen LogP) is 0.184. The minimum Gasteiger partial charge on any atom is -0.333 e. The fraction of sp³-hybridized carbons (Fsp3) is 0.692. The molecule has 3 amide bonds. The van der Waals surface area contributed by atoms with Gasteiger partial charge in [-0.25, -0.2) is 9.48 Å². The molecule has 0 fully saturated rings. The molecule has 0 unspecified atom stereocenters. The quantitative estimate of drug-likeness (QED) is 0.648. The molecule has 0 aliphatic carbocycles. The minimum absolute atomic E-state index is 0.0402. The zero-order chi connectivity index (χ0) is 15.9. The van der Waals surface area contributed by atoms with Gasteiger partial charge in [0.2, 0.25) is 5.91 Å². The monoisotopic (exact) mass is 296 g/mol. The van der Waals surface area contributed by atoms with E-state index in [9.17, 15) is 9.59 Å². The molecule has 21 heavy (non-hydrogen) atoms. The van der Waals surface area contributed by atoms with Crippen molar-refractivity contribution >= 4 is 11.9 Å². The Bertz CT molecular complexity index is 477. The zero-order valence-electron chi connectivity index (χ0n) is 12.8. The maximum Gasteiger partial charge on any atom is 0.321 e. The van der Waals surface area contributed by atoms with Crippen molar-refractivity contribution in [3.05, 3.63) is 11.9 Å². The second-order valence-corrected chi connectivity index (χ2v) is 5.91. The SMILES string of the molecule is CC(C)(C)NC(=O)NC(=O)Cn1cc(CCCCN)nn1. The molecule has 0 aliphatic heterocycles. The van der Waals surface area contributed by atoms with Crippen molar-refractivity contribution in [3.8, 4) is 0 Å². The summed E-state index contributed by atoms with van der Waals surface area (Å²) in [7, 11) is 0. The highest BCUT2D eigenvalue weighted by molar-refractivity contribution is 5.94. The van der Waals surface area contributed by atoms with Crippen LogP contribution in [-0.2, 0) is 17.8 Å². The highest BCUT2D eigenvalue weighted by Gasteiger charge is 2.16. The van der Waals surface area contributed by atoms with Gasteiger partial charge < -0.3 is 11.1 Å². The van der Waals surface area contributed by atoms with Crippen molar-refractivity contribution in [2.75, 3.05) is 6.54 Å². The van der Waals surface area contributed by atoms with E-state index in [4.69, 9.17) is 5.73 Å². The third-order valence-electron chi connectivity index (χ3n) is 2.52. The molecule has 0 bridgehead atoms. The van der Waals surface area contributed by atoms with E-state index in [-0.39, 0.29) is 6.54 Å². The van der Waals surface area contributed by atoms with Crippen LogP contribution in [0.15, 0.2) is 6.20 Å². The average molecular weight is 296 g/mol. The number of unbranched alkanes of at least 4 members (excludes halogenated alkanes) is 1. The third kappa shape index (κ3) is 7.40. The molecule has 1 aromatic rings. The lowest BCUT2D eigenvalue weighted by atomic mass is 10.1. The molecule has 8 heteroatoms. The molecule has 0 spiro atoms. The number of nitrogens with one attached hydrogen (secondary N) is 2. The van der Waals surface area contributed by atoms with Crippen LogP contribution in [0.1, 0.15) is 39.3 Å². The number of aromatic nitrogens is 3. The van der Waals surface area contributed by atoms with Gasteiger partial charge in [-0.2, -0.15) is 0 Å². The molecule has 0 aromatic carbocycles. The predicted molar refractivity (Wildman–Crippen MR) is 78.4 cm³/mol. The number of nitrogens with zero attached hydrogens (tertiary/aromatic N) is 3. The molecule has 0 radical (unpaired) electrons. The topological polar surface area (TPSA) is 115 Å². The first-order valence-electron chi connectivity index (χ1n) is 7.01. The first-order chi connectivity index (χ1) is 9.80. The minimum atomic E-state index is -0.518. The Hall–Kier alpha value is -1.96. The first-order valence-corrected chi connectivity index (χ1v) is 7.01. The fourth-order valence-corrected chi connectivity index (χ4v) is 1.67. The number of hydrogen-bond acceptors (Lipinski definition) is 5. The lowest BCUT2D eigenvalue weighted by Crippen LogP contribution is -2.48. The summed E-state index contributed by atoms with van der Waals surface area (Å²) in [5.74, 6) is -0.435. The van der Waals surface area contributed by atoms with E-state index in [1.165, 1.54) is 4.68 Å². The lowest BCUT2D eigenvalue weighted by molar-refractivity contribution is -0.120. The Morgan fingerprint density at radius 3 is 2.67 bits per heavy atom. The highest BCUT2D eigenvalue weighted by Crippen LogP contribution is 2.00. The maximum atomic E-state index is 11.7. The standard InChI is InChI=1S/C13H24N6O2/c1-13(2,3)16-12(21)15-11(20)9-19-8-10(17-18-19)6-4-5-7-14/h8H,4-7,9,14H2,1-3H3,(H2,15,16,20,21). The fourth-order valence-electron chi connectivity index (χ4n) is 1.67. The molecule has 1 heterocycles. The molecule has 0 aliphatic rings. The summed E-state index contributed by atoms with van der Waals surface area (Å²) in [6.45, 7) is 6.12. The van der Waals surface area contributed by atoms with Gasteiger partial charge in [0, 0.05) is 11.7 Å². The van der Waals surface area contributed by atoms with Gasteiger partial charge in [0.15, 0.2) is 0 Å². The van der Waals surface area contributed by atoms with Crippen LogP contribution in [0.2, 0.25) is 0 Å². The van der Waals surface area contributed by atoms with E-state index in [1.54, 1.807) is 6.20 Å². The number of hydrogen-bond donors (Lipinski definition) is 3. The summed E-state index contributed by atoms with van der Waals surface area (Å²) in [6.07, 6.45) is 4.36. The van der Waals surface area contributed by atoms with Gasteiger partial charge in [0.25, 0.3) is 0 Å². The Kier molecular flexibility index (Phi) is 6.29. The molecule has 118 valence electrons. The van der Waals surface area contributed by atoms with Crippen LogP contribution in [0.4, 0.5) is 4.79 Å². The van der Waals surface area contributed by atoms with E-state index < -0.39 is 17.5 Å². The summed E-state index contributed by atoms with van der Waals surface area (Å²) < 4.78 is 1.41. The first kappa shape index (κ1) is 17.1. The van der Waals surface area contributed by atoms with Gasteiger partial charge >= 0.3 is 6.03 Å². The average Bonchev–Trinajstić information content (AvgIpc) is 2.74. The van der Waals surface area contributed by atoms with Gasteiger partial charge in [0.1, 0.15) is 6.54 Å². The van der Waals surface area contributed by atoms with Crippen LogP contribution < -0.4 is 16.4 Å². The van der Waals surface area contributed by atoms with Gasteiger partial charge in [-0.3, -0.25) is 10.1 Å². The molecular formula is C13H24N6O2. The summed E-state index contributed by atoms with van der Waals surface area (Å²) >= 11 is 0. The largest absolute Gasteiger partial charge is 0.333 e. The summed E-state index contributed by atoms with van der Waals surface area (Å²) in [4.78, 5) is 23.2. The van der Waals surface area contributed by atoms with Crippen LogP contribution in [0.3, 0.4) is 0 Å². The Morgan fingerprint density at radius 1 is 1.33 bits per heavy atom. The van der Waals surface area contributed by atoms with Gasteiger partial charge in [-0.05, 0) is 46.6 Å². The summed E-state index contributed by atoms with van der Waals surface area (Å²) in [5, 5.41) is 12.7. The van der Waals surface area contributed by atoms with Crippen molar-refractivity contribution in [1.29, 1.82) is 0 Å². The molecular weight excluding hydrogens is 272 g/mol. The number of urea groups is 1. The van der Waals surface area contributed by atoms with Crippen molar-refractivity contribution < 1.29 is 9.59 Å². The molecule has 1 aromatic heterocycles. The number of amides is 3. The van der Waals surface area contributed by atoms with Gasteiger partial charge in [-0.1, -0.05) is 5.21 Å². The molecule has 0 saturated carbocycles. The van der Waals surface area contributed by atoms with E-state index in [1.807, 2.05) is 20.8 Å². The van der Waals surface area contributed by atoms with Crippen LogP contribution >= 0.6 is 0 Å². The van der Waals surface area contributed by atoms with Crippen molar-refractivity contribution in [2.24, 2.45) is 5.73 Å². The smallest absolute Gasteiger partial charge is 0.321 e. The zero-order valence-corrected chi connectivity index (χ0v) is 12.8. The Labute approximate surface area is 124 Å². The van der Waals surface area contributed by atoms with Crippen molar-refractivity contribution in [2.45, 2.75) is 52.1 Å². The number of imide groups is 1. The van der Waals surface area contributed by atoms with Crippen LogP contribution in [0.5, 0.6) is 0 Å².